The van der Waals surface area contributed by atoms with Crippen LogP contribution in [0.25, 0.3) is 0 Å². The fourth-order valence-electron chi connectivity index (χ4n) is 6.34. The van der Waals surface area contributed by atoms with Gasteiger partial charge in [-0.2, -0.15) is 26.3 Å². The van der Waals surface area contributed by atoms with E-state index in [9.17, 15) is 44.3 Å². The number of hydrogen-bond donors (Lipinski definition) is 1. The molecule has 10 nitrogen and oxygen atoms in total. The molecule has 1 saturated heterocycles. The third kappa shape index (κ3) is 7.81. The van der Waals surface area contributed by atoms with Crippen LogP contribution in [0, 0.1) is 0 Å². The van der Waals surface area contributed by atoms with E-state index in [1.807, 2.05) is 4.72 Å². The number of aromatic nitrogens is 1. The molecule has 0 aliphatic carbocycles. The number of pyridine rings is 1. The first kappa shape index (κ1) is 38.0. The molecule has 0 bridgehead atoms. The highest BCUT2D eigenvalue weighted by Gasteiger charge is 2.57. The van der Waals surface area contributed by atoms with Crippen molar-refractivity contribution in [3.05, 3.63) is 66.2 Å². The predicted octanol–water partition coefficient (Wildman–Crippen LogP) is 6.26. The van der Waals surface area contributed by atoms with Crippen molar-refractivity contribution in [1.29, 1.82) is 0 Å². The second-order valence-corrected chi connectivity index (χ2v) is 17.0. The summed E-state index contributed by atoms with van der Waals surface area (Å²) in [5.41, 5.74) is -3.84. The van der Waals surface area contributed by atoms with E-state index in [4.69, 9.17) is 4.74 Å². The number of hydrogen-bond acceptors (Lipinski definition) is 9. The van der Waals surface area contributed by atoms with Crippen LogP contribution in [0.3, 0.4) is 0 Å². The number of likely N-dealkylation sites (tertiary alicyclic amines) is 1. The van der Waals surface area contributed by atoms with Gasteiger partial charge in [0.05, 0.1) is 28.2 Å². The zero-order chi connectivity index (χ0) is 36.8. The molecule has 3 aromatic rings. The van der Waals surface area contributed by atoms with Crippen molar-refractivity contribution in [3.63, 3.8) is 0 Å². The molecule has 2 aliphatic rings. The van der Waals surface area contributed by atoms with Crippen LogP contribution in [0.4, 0.5) is 26.3 Å². The largest absolute Gasteiger partial charge is 0.474 e. The second kappa shape index (κ2) is 14.1. The van der Waals surface area contributed by atoms with Crippen molar-refractivity contribution in [2.45, 2.75) is 75.6 Å². The van der Waals surface area contributed by atoms with Crippen molar-refractivity contribution in [3.8, 4) is 5.75 Å². The van der Waals surface area contributed by atoms with Crippen LogP contribution < -0.4 is 9.46 Å². The number of piperidine rings is 1. The van der Waals surface area contributed by atoms with Gasteiger partial charge in [0.2, 0.25) is 15.6 Å². The minimum atomic E-state index is -4.97. The standard InChI is InChI=1S/C30H29BrF6N4O6S3/c1-3-6-21-28(47-17-13-22(48-15-17)30(35,36)37,8-5-10-40(21)26(43)24-18(29(32,33)34)7-4-9-38-24)27(44)41-14-20-16(12-23(31)49-20)11-19(41)25(42)39-50(2,45)46/h4,7,9,12-13,15,19,21H,3,5-6,8,10-11,14H2,1-2H3,(H,39,42)/t19-,21+,28-/m0/s1. The molecule has 5 rings (SSSR count). The summed E-state index contributed by atoms with van der Waals surface area (Å²) in [5, 5.41) is 1.03. The number of thiophene rings is 2. The van der Waals surface area contributed by atoms with Crippen molar-refractivity contribution >= 4 is 66.3 Å². The number of carbonyl (C=O) groups is 3. The van der Waals surface area contributed by atoms with E-state index in [1.165, 1.54) is 11.3 Å². The molecule has 0 saturated carbocycles. The third-order valence-electron chi connectivity index (χ3n) is 8.34. The summed E-state index contributed by atoms with van der Waals surface area (Å²) in [6.07, 6.45) is -8.15. The smallest absolute Gasteiger partial charge is 0.425 e. The highest BCUT2D eigenvalue weighted by Crippen LogP contribution is 2.44. The van der Waals surface area contributed by atoms with Crippen LogP contribution in [-0.2, 0) is 44.9 Å². The lowest BCUT2D eigenvalue weighted by atomic mass is 9.79. The highest BCUT2D eigenvalue weighted by molar-refractivity contribution is 9.11. The second-order valence-electron chi connectivity index (χ2n) is 11.8. The molecule has 20 heteroatoms. The molecule has 1 fully saturated rings. The Kier molecular flexibility index (Phi) is 10.7. The summed E-state index contributed by atoms with van der Waals surface area (Å²) in [6.45, 7) is 1.30. The van der Waals surface area contributed by atoms with Gasteiger partial charge in [-0.3, -0.25) is 24.1 Å². The Hall–Kier alpha value is -3.23. The Morgan fingerprint density at radius 3 is 2.48 bits per heavy atom. The number of fused-ring (bicyclic) bond motifs is 1. The Morgan fingerprint density at radius 2 is 1.86 bits per heavy atom. The van der Waals surface area contributed by atoms with Gasteiger partial charge in [-0.25, -0.2) is 8.42 Å². The van der Waals surface area contributed by atoms with Crippen molar-refractivity contribution in [2.75, 3.05) is 12.8 Å². The average Bonchev–Trinajstić information content (AvgIpc) is 3.64. The maximum atomic E-state index is 15.1. The first-order valence-electron chi connectivity index (χ1n) is 15.0. The molecule has 50 heavy (non-hydrogen) atoms. The topological polar surface area (TPSA) is 126 Å². The molecule has 0 spiro atoms. The third-order valence-corrected chi connectivity index (χ3v) is 11.5. The average molecular weight is 832 g/mol. The maximum absolute atomic E-state index is 15.1. The summed E-state index contributed by atoms with van der Waals surface area (Å²) < 4.78 is 116. The van der Waals surface area contributed by atoms with Crippen LogP contribution in [-0.4, -0.2) is 71.4 Å². The van der Waals surface area contributed by atoms with Gasteiger partial charge in [-0.15, -0.1) is 22.7 Å². The normalized spacial score (nSPS) is 21.5. The molecule has 2 aliphatic heterocycles. The maximum Gasteiger partial charge on any atom is 0.425 e. The molecular weight excluding hydrogens is 802 g/mol. The van der Waals surface area contributed by atoms with Crippen LogP contribution in [0.2, 0.25) is 0 Å². The number of ether oxygens (including phenoxy) is 1. The van der Waals surface area contributed by atoms with Gasteiger partial charge < -0.3 is 14.5 Å². The van der Waals surface area contributed by atoms with Crippen molar-refractivity contribution < 1.29 is 53.9 Å². The Morgan fingerprint density at radius 1 is 1.14 bits per heavy atom. The van der Waals surface area contributed by atoms with E-state index in [2.05, 4.69) is 20.9 Å². The Bertz CT molecular complexity index is 1900. The minimum Gasteiger partial charge on any atom is -0.474 e. The fourth-order valence-corrected chi connectivity index (χ4v) is 9.29. The van der Waals surface area contributed by atoms with E-state index < -0.39 is 73.9 Å². The first-order chi connectivity index (χ1) is 23.2. The number of amides is 3. The fraction of sp³-hybridized carbons (Fsp3) is 0.467. The number of rotatable bonds is 8. The number of alkyl halides is 6. The van der Waals surface area contributed by atoms with Crippen LogP contribution >= 0.6 is 38.6 Å². The summed E-state index contributed by atoms with van der Waals surface area (Å²) in [4.78, 5) is 48.0. The van der Waals surface area contributed by atoms with Gasteiger partial charge in [0.15, 0.2) is 0 Å². The SMILES string of the molecule is CCC[C@H]1N(C(=O)c2ncccc2C(F)(F)F)CCC[C@@]1(Oc1csc(C(F)(F)F)c1)C(=O)N1Cc2sc(Br)cc2C[C@H]1C(=O)NS(C)(=O)=O. The van der Waals surface area contributed by atoms with Crippen molar-refractivity contribution in [2.24, 2.45) is 0 Å². The van der Waals surface area contributed by atoms with Gasteiger partial charge in [0, 0.05) is 41.9 Å². The summed E-state index contributed by atoms with van der Waals surface area (Å²) in [5.74, 6) is -3.56. The summed E-state index contributed by atoms with van der Waals surface area (Å²) in [6, 6.07) is 1.30. The highest BCUT2D eigenvalue weighted by atomic mass is 79.9. The van der Waals surface area contributed by atoms with Crippen LogP contribution in [0.5, 0.6) is 5.75 Å². The molecule has 0 aromatic carbocycles. The molecule has 5 heterocycles. The first-order valence-corrected chi connectivity index (χ1v) is 19.4. The van der Waals surface area contributed by atoms with Crippen LogP contribution in [0.1, 0.15) is 64.0 Å². The van der Waals surface area contributed by atoms with E-state index >= 15 is 4.79 Å². The molecule has 3 amide bonds. The van der Waals surface area contributed by atoms with E-state index in [1.54, 1.807) is 13.0 Å². The predicted molar refractivity (Wildman–Crippen MR) is 174 cm³/mol. The molecule has 3 atom stereocenters. The summed E-state index contributed by atoms with van der Waals surface area (Å²) >= 11 is 4.91. The van der Waals surface area contributed by atoms with Gasteiger partial charge in [-0.05, 0) is 52.5 Å². The van der Waals surface area contributed by atoms with E-state index in [0.29, 0.717) is 37.7 Å². The van der Waals surface area contributed by atoms with Crippen LogP contribution in [0.15, 0.2) is 39.6 Å². The lowest BCUT2D eigenvalue weighted by molar-refractivity contribution is -0.165. The lowest BCUT2D eigenvalue weighted by Gasteiger charge is -2.51. The Labute approximate surface area is 299 Å². The quantitative estimate of drug-likeness (QED) is 0.266. The van der Waals surface area contributed by atoms with Gasteiger partial charge in [-0.1, -0.05) is 13.3 Å². The zero-order valence-corrected chi connectivity index (χ0v) is 30.3. The molecular formula is C30H29BrF6N4O6S3. The van der Waals surface area contributed by atoms with Gasteiger partial charge >= 0.3 is 12.4 Å². The number of sulfonamides is 1. The lowest BCUT2D eigenvalue weighted by Crippen LogP contribution is -2.70. The molecule has 0 radical (unpaired) electrons. The monoisotopic (exact) mass is 830 g/mol. The van der Waals surface area contributed by atoms with Gasteiger partial charge in [0.1, 0.15) is 22.4 Å². The number of carbonyl (C=O) groups excluding carboxylic acids is 3. The van der Waals surface area contributed by atoms with Gasteiger partial charge in [0.25, 0.3) is 17.7 Å². The zero-order valence-electron chi connectivity index (χ0n) is 26.2. The minimum absolute atomic E-state index is 0.0357. The molecule has 272 valence electrons. The molecule has 3 aromatic heterocycles. The number of nitrogens with one attached hydrogen (secondary N) is 1. The molecule has 0 unspecified atom stereocenters. The number of nitrogens with zero attached hydrogens (tertiary/aromatic N) is 3. The molecule has 1 N–H and O–H groups in total. The van der Waals surface area contributed by atoms with E-state index in [0.717, 1.165) is 33.7 Å². The summed E-state index contributed by atoms with van der Waals surface area (Å²) in [7, 11) is -4.11. The van der Waals surface area contributed by atoms with Crippen molar-refractivity contribution in [1.82, 2.24) is 19.5 Å². The van der Waals surface area contributed by atoms with E-state index in [-0.39, 0.29) is 50.9 Å². The Balaban J connectivity index is 1.67. The number of halogens is 7.